The van der Waals surface area contributed by atoms with Crippen molar-refractivity contribution in [2.24, 2.45) is 0 Å². The predicted molar refractivity (Wildman–Crippen MR) is 129 cm³/mol. The maximum absolute atomic E-state index is 13.3. The van der Waals surface area contributed by atoms with Gasteiger partial charge in [0.25, 0.3) is 0 Å². The van der Waals surface area contributed by atoms with Crippen molar-refractivity contribution in [1.29, 1.82) is 0 Å². The van der Waals surface area contributed by atoms with Crippen LogP contribution in [0.5, 0.6) is 0 Å². The smallest absolute Gasteiger partial charge is 0.205 e. The molecule has 3 heterocycles. The molecule has 2 N–H and O–H groups in total. The monoisotopic (exact) mass is 467 g/mol. The lowest BCUT2D eigenvalue weighted by molar-refractivity contribution is 0.104. The number of nitrogens with two attached hydrogens (primary N) is 1. The Hall–Kier alpha value is -2.44. The number of benzene rings is 2. The molecule has 31 heavy (non-hydrogen) atoms. The van der Waals surface area contributed by atoms with Crippen molar-refractivity contribution in [2.75, 3.05) is 19.3 Å². The third kappa shape index (κ3) is 3.62. The molecule has 0 atom stereocenters. The van der Waals surface area contributed by atoms with Crippen molar-refractivity contribution in [3.05, 3.63) is 80.3 Å². The number of ketones is 1. The fourth-order valence-electron chi connectivity index (χ4n) is 4.12. The Kier molecular flexibility index (Phi) is 5.22. The van der Waals surface area contributed by atoms with E-state index in [0.717, 1.165) is 52.1 Å². The minimum absolute atomic E-state index is 0.139. The second kappa shape index (κ2) is 7.92. The standard InChI is InChI=1S/C24H19Cl2N3OS/c1-29-10-9-18-17(12-29)19(13-5-7-15(25)8-6-13)20-21(27)23(31-24(20)28-18)22(30)14-3-2-4-16(26)11-14/h2-8,11H,9-10,12,27H2,1H3. The van der Waals surface area contributed by atoms with E-state index in [2.05, 4.69) is 11.9 Å². The van der Waals surface area contributed by atoms with Crippen LogP contribution in [-0.4, -0.2) is 29.3 Å². The van der Waals surface area contributed by atoms with Crippen molar-refractivity contribution in [3.63, 3.8) is 0 Å². The number of rotatable bonds is 3. The summed E-state index contributed by atoms with van der Waals surface area (Å²) in [7, 11) is 2.10. The van der Waals surface area contributed by atoms with Crippen LogP contribution in [0.4, 0.5) is 5.69 Å². The van der Waals surface area contributed by atoms with Gasteiger partial charge in [-0.2, -0.15) is 0 Å². The van der Waals surface area contributed by atoms with Gasteiger partial charge in [-0.1, -0.05) is 47.5 Å². The van der Waals surface area contributed by atoms with Gasteiger partial charge in [-0.15, -0.1) is 11.3 Å². The fourth-order valence-corrected chi connectivity index (χ4v) is 5.53. The SMILES string of the molecule is CN1CCc2nc3sc(C(=O)c4cccc(Cl)c4)c(N)c3c(-c3ccc(Cl)cc3)c2C1. The van der Waals surface area contributed by atoms with Crippen LogP contribution in [0.3, 0.4) is 0 Å². The number of halogens is 2. The van der Waals surface area contributed by atoms with Crippen LogP contribution < -0.4 is 5.73 Å². The van der Waals surface area contributed by atoms with Crippen LogP contribution in [-0.2, 0) is 13.0 Å². The second-order valence-corrected chi connectivity index (χ2v) is 9.64. The highest BCUT2D eigenvalue weighted by atomic mass is 35.5. The van der Waals surface area contributed by atoms with Crippen LogP contribution >= 0.6 is 34.5 Å². The molecule has 0 fully saturated rings. The van der Waals surface area contributed by atoms with E-state index in [9.17, 15) is 4.79 Å². The van der Waals surface area contributed by atoms with Crippen molar-refractivity contribution in [1.82, 2.24) is 9.88 Å². The first-order valence-corrected chi connectivity index (χ1v) is 11.5. The molecule has 0 bridgehead atoms. The Balaban J connectivity index is 1.77. The number of nitrogen functional groups attached to an aromatic ring is 1. The molecular weight excluding hydrogens is 449 g/mol. The summed E-state index contributed by atoms with van der Waals surface area (Å²) in [6, 6.07) is 14.7. The van der Waals surface area contributed by atoms with Crippen LogP contribution in [0.1, 0.15) is 26.5 Å². The Labute approximate surface area is 194 Å². The Morgan fingerprint density at radius 1 is 1.13 bits per heavy atom. The highest BCUT2D eigenvalue weighted by molar-refractivity contribution is 7.21. The van der Waals surface area contributed by atoms with E-state index in [4.69, 9.17) is 33.9 Å². The molecule has 156 valence electrons. The fraction of sp³-hybridized carbons (Fsp3) is 0.167. The summed E-state index contributed by atoms with van der Waals surface area (Å²) in [6.07, 6.45) is 0.859. The molecule has 0 saturated carbocycles. The first-order valence-electron chi connectivity index (χ1n) is 9.91. The van der Waals surface area contributed by atoms with Crippen LogP contribution in [0, 0.1) is 0 Å². The van der Waals surface area contributed by atoms with E-state index in [1.165, 1.54) is 11.3 Å². The number of carbonyl (C=O) groups is 1. The zero-order valence-corrected chi connectivity index (χ0v) is 19.1. The lowest BCUT2D eigenvalue weighted by Crippen LogP contribution is -2.27. The van der Waals surface area contributed by atoms with Gasteiger partial charge in [-0.05, 0) is 42.4 Å². The number of hydrogen-bond donors (Lipinski definition) is 1. The number of carbonyl (C=O) groups excluding carboxylic acids is 1. The minimum atomic E-state index is -0.139. The molecular formula is C24H19Cl2N3OS. The van der Waals surface area contributed by atoms with E-state index in [1.807, 2.05) is 24.3 Å². The lowest BCUT2D eigenvalue weighted by Gasteiger charge is -2.27. The van der Waals surface area contributed by atoms with E-state index in [0.29, 0.717) is 26.2 Å². The quantitative estimate of drug-likeness (QED) is 0.371. The third-order valence-corrected chi connectivity index (χ3v) is 7.23. The largest absolute Gasteiger partial charge is 0.397 e. The Bertz CT molecular complexity index is 1330. The lowest BCUT2D eigenvalue weighted by atomic mass is 9.92. The topological polar surface area (TPSA) is 59.2 Å². The zero-order valence-electron chi connectivity index (χ0n) is 16.8. The van der Waals surface area contributed by atoms with Crippen molar-refractivity contribution in [3.8, 4) is 11.1 Å². The minimum Gasteiger partial charge on any atom is -0.397 e. The molecule has 0 saturated heterocycles. The van der Waals surface area contributed by atoms with Crippen molar-refractivity contribution < 1.29 is 4.79 Å². The van der Waals surface area contributed by atoms with Crippen LogP contribution in [0.25, 0.3) is 21.3 Å². The number of nitrogens with zero attached hydrogens (tertiary/aromatic N) is 2. The third-order valence-electron chi connectivity index (χ3n) is 5.65. The van der Waals surface area contributed by atoms with Gasteiger partial charge in [0, 0.05) is 51.8 Å². The number of thiophene rings is 1. The summed E-state index contributed by atoms with van der Waals surface area (Å²) < 4.78 is 0. The van der Waals surface area contributed by atoms with Gasteiger partial charge >= 0.3 is 0 Å². The summed E-state index contributed by atoms with van der Waals surface area (Å²) >= 11 is 13.6. The molecule has 4 aromatic rings. The summed E-state index contributed by atoms with van der Waals surface area (Å²) in [6.45, 7) is 1.73. The molecule has 1 aliphatic rings. The average Bonchev–Trinajstić information content (AvgIpc) is 3.08. The highest BCUT2D eigenvalue weighted by Gasteiger charge is 2.27. The summed E-state index contributed by atoms with van der Waals surface area (Å²) in [4.78, 5) is 21.8. The first-order chi connectivity index (χ1) is 14.9. The van der Waals surface area contributed by atoms with Crippen LogP contribution in [0.15, 0.2) is 48.5 Å². The molecule has 7 heteroatoms. The number of likely N-dealkylation sites (N-methyl/N-ethyl adjacent to an activating group) is 1. The molecule has 5 rings (SSSR count). The van der Waals surface area contributed by atoms with Crippen LogP contribution in [0.2, 0.25) is 10.0 Å². The van der Waals surface area contributed by atoms with Gasteiger partial charge in [0.05, 0.1) is 5.69 Å². The normalized spacial score (nSPS) is 14.0. The number of anilines is 1. The molecule has 1 aliphatic heterocycles. The number of fused-ring (bicyclic) bond motifs is 2. The Morgan fingerprint density at radius 2 is 1.90 bits per heavy atom. The number of hydrogen-bond acceptors (Lipinski definition) is 5. The average molecular weight is 468 g/mol. The van der Waals surface area contributed by atoms with Gasteiger partial charge in [0.15, 0.2) is 0 Å². The summed E-state index contributed by atoms with van der Waals surface area (Å²) in [5, 5.41) is 2.03. The molecule has 0 amide bonds. The van der Waals surface area contributed by atoms with Gasteiger partial charge in [0.1, 0.15) is 9.71 Å². The molecule has 0 aliphatic carbocycles. The Morgan fingerprint density at radius 3 is 2.65 bits per heavy atom. The summed E-state index contributed by atoms with van der Waals surface area (Å²) in [5.41, 5.74) is 11.9. The van der Waals surface area contributed by atoms with Gasteiger partial charge < -0.3 is 10.6 Å². The molecule has 0 unspecified atom stereocenters. The molecule has 4 nitrogen and oxygen atoms in total. The molecule has 0 radical (unpaired) electrons. The van der Waals surface area contributed by atoms with Gasteiger partial charge in [-0.3, -0.25) is 4.79 Å². The van der Waals surface area contributed by atoms with E-state index >= 15 is 0 Å². The summed E-state index contributed by atoms with van der Waals surface area (Å²) in [5.74, 6) is -0.139. The molecule has 2 aromatic carbocycles. The van der Waals surface area contributed by atoms with E-state index in [1.54, 1.807) is 24.3 Å². The van der Waals surface area contributed by atoms with Gasteiger partial charge in [-0.25, -0.2) is 4.98 Å². The van der Waals surface area contributed by atoms with Gasteiger partial charge in [0.2, 0.25) is 5.78 Å². The van der Waals surface area contributed by atoms with E-state index < -0.39 is 0 Å². The molecule has 2 aromatic heterocycles. The van der Waals surface area contributed by atoms with Crippen molar-refractivity contribution in [2.45, 2.75) is 13.0 Å². The number of pyridine rings is 1. The zero-order chi connectivity index (χ0) is 21.7. The maximum Gasteiger partial charge on any atom is 0.205 e. The maximum atomic E-state index is 13.3. The highest BCUT2D eigenvalue weighted by Crippen LogP contribution is 2.44. The molecule has 0 spiro atoms. The second-order valence-electron chi connectivity index (χ2n) is 7.77. The first kappa shape index (κ1) is 20.5. The predicted octanol–water partition coefficient (Wildman–Crippen LogP) is 6.07. The van der Waals surface area contributed by atoms with Crippen molar-refractivity contribution >= 4 is 56.2 Å². The van der Waals surface area contributed by atoms with E-state index in [-0.39, 0.29) is 5.78 Å². The number of aromatic nitrogens is 1.